The Bertz CT molecular complexity index is 217. The van der Waals surface area contributed by atoms with Gasteiger partial charge in [0.1, 0.15) is 0 Å². The third-order valence-corrected chi connectivity index (χ3v) is 5.41. The summed E-state index contributed by atoms with van der Waals surface area (Å²) in [5, 5.41) is 0. The number of nitrogens with zero attached hydrogens (tertiary/aromatic N) is 1. The van der Waals surface area contributed by atoms with E-state index in [1.807, 2.05) is 20.8 Å². The third kappa shape index (κ3) is 2.64. The van der Waals surface area contributed by atoms with Crippen molar-refractivity contribution in [1.82, 2.24) is 4.90 Å². The molecular formula is C10H21NO4Si. The monoisotopic (exact) mass is 247 g/mol. The Morgan fingerprint density at radius 2 is 1.31 bits per heavy atom. The van der Waals surface area contributed by atoms with Gasteiger partial charge in [-0.15, -0.1) is 0 Å². The molecule has 3 heterocycles. The highest BCUT2D eigenvalue weighted by Gasteiger charge is 2.52. The predicted octanol–water partition coefficient (Wildman–Crippen LogP) is 0.613. The van der Waals surface area contributed by atoms with Crippen LogP contribution in [-0.4, -0.2) is 59.0 Å². The fourth-order valence-corrected chi connectivity index (χ4v) is 4.55. The summed E-state index contributed by atoms with van der Waals surface area (Å²) >= 11 is 0. The van der Waals surface area contributed by atoms with Gasteiger partial charge < -0.3 is 17.7 Å². The van der Waals surface area contributed by atoms with Gasteiger partial charge in [-0.05, 0) is 20.8 Å². The Morgan fingerprint density at radius 1 is 0.938 bits per heavy atom. The quantitative estimate of drug-likeness (QED) is 0.635. The van der Waals surface area contributed by atoms with Gasteiger partial charge in [-0.2, -0.15) is 0 Å². The molecular weight excluding hydrogens is 226 g/mol. The summed E-state index contributed by atoms with van der Waals surface area (Å²) < 4.78 is 23.1. The summed E-state index contributed by atoms with van der Waals surface area (Å²) in [7, 11) is -1.31. The van der Waals surface area contributed by atoms with Crippen LogP contribution in [0, 0.1) is 0 Å². The Morgan fingerprint density at radius 3 is 1.62 bits per heavy atom. The van der Waals surface area contributed by atoms with Gasteiger partial charge in [0.15, 0.2) is 0 Å². The van der Waals surface area contributed by atoms with Crippen LogP contribution in [0.1, 0.15) is 20.8 Å². The van der Waals surface area contributed by atoms with Crippen LogP contribution >= 0.6 is 0 Å². The second-order valence-corrected chi connectivity index (χ2v) is 6.82. The lowest BCUT2D eigenvalue weighted by Crippen LogP contribution is -2.62. The normalized spacial score (nSPS) is 49.5. The minimum absolute atomic E-state index is 0.0895. The SMILES string of the molecule is CO[Si]12OC(C)CN(CC(C)O1)CC(C)O2. The van der Waals surface area contributed by atoms with Crippen LogP contribution < -0.4 is 0 Å². The average Bonchev–Trinajstić information content (AvgIpc) is 2.11. The molecule has 16 heavy (non-hydrogen) atoms. The average molecular weight is 247 g/mol. The molecule has 0 N–H and O–H groups in total. The summed E-state index contributed by atoms with van der Waals surface area (Å²) in [6.07, 6.45) is 0.268. The van der Waals surface area contributed by atoms with Crippen LogP contribution in [0.3, 0.4) is 0 Å². The molecule has 2 bridgehead atoms. The Kier molecular flexibility index (Phi) is 3.68. The first-order valence-electron chi connectivity index (χ1n) is 5.84. The molecule has 0 spiro atoms. The number of hydrogen-bond donors (Lipinski definition) is 0. The second-order valence-electron chi connectivity index (χ2n) is 4.71. The standard InChI is InChI=1S/C10H21NO4Si/c1-8-5-11-6-9(2)14-16(12-4,13-8)15-10(3)7-11/h8-10H,5-7H2,1-4H3. The van der Waals surface area contributed by atoms with Gasteiger partial charge in [0.05, 0.1) is 18.3 Å². The van der Waals surface area contributed by atoms with Crippen molar-refractivity contribution in [3.05, 3.63) is 0 Å². The van der Waals surface area contributed by atoms with Crippen LogP contribution in [0.5, 0.6) is 0 Å². The number of rotatable bonds is 1. The van der Waals surface area contributed by atoms with E-state index in [0.29, 0.717) is 0 Å². The molecule has 0 aromatic heterocycles. The molecule has 3 rings (SSSR count). The second kappa shape index (κ2) is 4.71. The highest BCUT2D eigenvalue weighted by Crippen LogP contribution is 2.24. The van der Waals surface area contributed by atoms with Crippen LogP contribution in [0.4, 0.5) is 0 Å². The fraction of sp³-hybridized carbons (Fsp3) is 1.00. The number of fused-ring (bicyclic) bond motifs is 6. The summed E-state index contributed by atoms with van der Waals surface area (Å²) in [6.45, 7) is 8.85. The highest BCUT2D eigenvalue weighted by atomic mass is 28.4. The van der Waals surface area contributed by atoms with E-state index in [2.05, 4.69) is 4.90 Å². The van der Waals surface area contributed by atoms with Gasteiger partial charge in [-0.1, -0.05) is 0 Å². The number of hydrogen-bond acceptors (Lipinski definition) is 5. The molecule has 94 valence electrons. The molecule has 0 aliphatic carbocycles. The molecule has 3 saturated heterocycles. The van der Waals surface area contributed by atoms with E-state index in [4.69, 9.17) is 17.7 Å². The van der Waals surface area contributed by atoms with Crippen molar-refractivity contribution in [2.24, 2.45) is 0 Å². The van der Waals surface area contributed by atoms with Crippen molar-refractivity contribution in [1.29, 1.82) is 0 Å². The first kappa shape index (κ1) is 12.5. The molecule has 3 unspecified atom stereocenters. The van der Waals surface area contributed by atoms with Gasteiger partial charge in [0, 0.05) is 26.7 Å². The van der Waals surface area contributed by atoms with E-state index in [9.17, 15) is 0 Å². The fourth-order valence-electron chi connectivity index (χ4n) is 2.39. The van der Waals surface area contributed by atoms with Crippen LogP contribution in [0.15, 0.2) is 0 Å². The topological polar surface area (TPSA) is 40.2 Å². The predicted molar refractivity (Wildman–Crippen MR) is 60.8 cm³/mol. The molecule has 0 amide bonds. The van der Waals surface area contributed by atoms with Gasteiger partial charge in [-0.25, -0.2) is 0 Å². The molecule has 6 heteroatoms. The van der Waals surface area contributed by atoms with Crippen molar-refractivity contribution < 1.29 is 17.7 Å². The van der Waals surface area contributed by atoms with Gasteiger partial charge in [0.2, 0.25) is 0 Å². The van der Waals surface area contributed by atoms with E-state index in [1.165, 1.54) is 0 Å². The maximum atomic E-state index is 5.87. The highest BCUT2D eigenvalue weighted by molar-refractivity contribution is 6.53. The zero-order valence-electron chi connectivity index (χ0n) is 10.4. The molecule has 0 aromatic carbocycles. The Hall–Kier alpha value is 0.0169. The molecule has 3 aliphatic rings. The van der Waals surface area contributed by atoms with E-state index >= 15 is 0 Å². The zero-order valence-corrected chi connectivity index (χ0v) is 11.4. The van der Waals surface area contributed by atoms with Crippen molar-refractivity contribution in [2.75, 3.05) is 26.7 Å². The lowest BCUT2D eigenvalue weighted by Gasteiger charge is -2.43. The van der Waals surface area contributed by atoms with Crippen molar-refractivity contribution >= 4 is 9.05 Å². The summed E-state index contributed by atoms with van der Waals surface area (Å²) in [5.74, 6) is 0. The molecule has 0 saturated carbocycles. The Labute approximate surface area is 98.1 Å². The first-order valence-corrected chi connectivity index (χ1v) is 7.47. The molecule has 5 nitrogen and oxygen atoms in total. The van der Waals surface area contributed by atoms with E-state index in [-0.39, 0.29) is 18.3 Å². The minimum Gasteiger partial charge on any atom is -0.355 e. The molecule has 0 aromatic rings. The van der Waals surface area contributed by atoms with Crippen molar-refractivity contribution in [3.63, 3.8) is 0 Å². The summed E-state index contributed by atoms with van der Waals surface area (Å²) in [4.78, 5) is 2.33. The molecule has 3 fully saturated rings. The van der Waals surface area contributed by atoms with Gasteiger partial charge >= 0.3 is 9.05 Å². The molecule has 3 atom stereocenters. The van der Waals surface area contributed by atoms with Crippen LogP contribution in [0.25, 0.3) is 0 Å². The molecule has 3 aliphatic heterocycles. The third-order valence-electron chi connectivity index (χ3n) is 2.83. The van der Waals surface area contributed by atoms with Gasteiger partial charge in [0.25, 0.3) is 0 Å². The van der Waals surface area contributed by atoms with E-state index in [0.717, 1.165) is 19.6 Å². The van der Waals surface area contributed by atoms with Crippen molar-refractivity contribution in [3.8, 4) is 0 Å². The first-order chi connectivity index (χ1) is 7.53. The van der Waals surface area contributed by atoms with E-state index in [1.54, 1.807) is 7.11 Å². The Balaban J connectivity index is 2.24. The molecule has 0 radical (unpaired) electrons. The summed E-state index contributed by atoms with van der Waals surface area (Å²) in [5.41, 5.74) is 0. The summed E-state index contributed by atoms with van der Waals surface area (Å²) in [6, 6.07) is 0. The smallest absolute Gasteiger partial charge is 0.355 e. The van der Waals surface area contributed by atoms with Crippen LogP contribution in [-0.2, 0) is 17.7 Å². The zero-order chi connectivity index (χ0) is 11.8. The minimum atomic E-state index is -2.92. The van der Waals surface area contributed by atoms with Crippen LogP contribution in [0.2, 0.25) is 0 Å². The lowest BCUT2D eigenvalue weighted by molar-refractivity contribution is -0.124. The van der Waals surface area contributed by atoms with E-state index < -0.39 is 9.05 Å². The lowest BCUT2D eigenvalue weighted by atomic mass is 10.2. The van der Waals surface area contributed by atoms with Gasteiger partial charge in [-0.3, -0.25) is 4.90 Å². The van der Waals surface area contributed by atoms with Crippen molar-refractivity contribution in [2.45, 2.75) is 39.1 Å². The maximum absolute atomic E-state index is 5.87. The maximum Gasteiger partial charge on any atom is 0.680 e. The largest absolute Gasteiger partial charge is 0.680 e.